The molecule has 3 nitrogen and oxygen atoms in total. The summed E-state index contributed by atoms with van der Waals surface area (Å²) in [6, 6.07) is -0.504. The molecule has 1 heterocycles. The van der Waals surface area contributed by atoms with Crippen molar-refractivity contribution >= 4 is 23.2 Å². The Hall–Kier alpha value is -1.08. The van der Waals surface area contributed by atoms with E-state index in [0.717, 1.165) is 0 Å². The Morgan fingerprint density at radius 1 is 1.83 bits per heavy atom. The van der Waals surface area contributed by atoms with Gasteiger partial charge in [-0.2, -0.15) is 0 Å². The van der Waals surface area contributed by atoms with Crippen LogP contribution in [0.25, 0.3) is 0 Å². The molecule has 1 amide bonds. The van der Waals surface area contributed by atoms with E-state index in [1.165, 1.54) is 4.90 Å². The zero-order valence-electron chi connectivity index (χ0n) is 7.00. The Bertz CT molecular complexity index is 269. The van der Waals surface area contributed by atoms with Crippen molar-refractivity contribution in [3.63, 3.8) is 0 Å². The normalized spacial score (nSPS) is 25.1. The maximum Gasteiger partial charge on any atom is 0.252 e. The number of carbonyl (C=O) groups excluding carboxylic acids is 1. The Morgan fingerprint density at radius 3 is 2.75 bits per heavy atom. The molecule has 0 aromatic carbocycles. The van der Waals surface area contributed by atoms with Gasteiger partial charge in [-0.25, -0.2) is 0 Å². The highest BCUT2D eigenvalue weighted by Crippen LogP contribution is 2.09. The van der Waals surface area contributed by atoms with Gasteiger partial charge in [-0.05, 0) is 26.1 Å². The highest BCUT2D eigenvalue weighted by atomic mass is 32.1. The number of terminal acetylenes is 1. The van der Waals surface area contributed by atoms with Gasteiger partial charge in [0.1, 0.15) is 6.04 Å². The summed E-state index contributed by atoms with van der Waals surface area (Å²) in [5.41, 5.74) is 0. The van der Waals surface area contributed by atoms with Crippen molar-refractivity contribution in [1.29, 1.82) is 0 Å². The second-order valence-electron chi connectivity index (χ2n) is 2.72. The van der Waals surface area contributed by atoms with Gasteiger partial charge < -0.3 is 5.32 Å². The first-order valence-corrected chi connectivity index (χ1v) is 4.08. The summed E-state index contributed by atoms with van der Waals surface area (Å²) in [5, 5.41) is 3.27. The number of carbonyl (C=O) groups is 1. The van der Waals surface area contributed by atoms with E-state index >= 15 is 0 Å². The maximum atomic E-state index is 11.4. The number of amides is 1. The molecule has 0 aromatic rings. The molecule has 12 heavy (non-hydrogen) atoms. The fraction of sp³-hybridized carbons (Fsp3) is 0.500. The van der Waals surface area contributed by atoms with Crippen LogP contribution >= 0.6 is 12.2 Å². The number of thiocarbonyl (C=S) groups is 1. The molecule has 0 aliphatic carbocycles. The summed E-state index contributed by atoms with van der Waals surface area (Å²) < 4.78 is 0. The summed E-state index contributed by atoms with van der Waals surface area (Å²) >= 11 is 4.94. The van der Waals surface area contributed by atoms with Gasteiger partial charge in [-0.15, -0.1) is 6.42 Å². The maximum absolute atomic E-state index is 11.4. The van der Waals surface area contributed by atoms with Crippen LogP contribution < -0.4 is 5.32 Å². The average Bonchev–Trinajstić information content (AvgIpc) is 2.26. The Labute approximate surface area is 77.1 Å². The minimum atomic E-state index is -0.262. The molecule has 64 valence electrons. The lowest BCUT2D eigenvalue weighted by Crippen LogP contribution is -2.37. The van der Waals surface area contributed by atoms with Gasteiger partial charge >= 0.3 is 0 Å². The lowest BCUT2D eigenvalue weighted by atomic mass is 10.3. The van der Waals surface area contributed by atoms with Gasteiger partial charge in [0.05, 0.1) is 6.04 Å². The third-order valence-corrected chi connectivity index (χ3v) is 2.11. The van der Waals surface area contributed by atoms with Crippen molar-refractivity contribution in [3.8, 4) is 12.3 Å². The summed E-state index contributed by atoms with van der Waals surface area (Å²) in [6.45, 7) is 3.53. The lowest BCUT2D eigenvalue weighted by Gasteiger charge is -2.17. The molecule has 0 spiro atoms. The SMILES string of the molecule is C#CC(C)N1C(=O)C(C)NC1=S. The molecule has 1 aliphatic rings. The predicted molar refractivity (Wildman–Crippen MR) is 50.3 cm³/mol. The topological polar surface area (TPSA) is 32.3 Å². The van der Waals surface area contributed by atoms with Crippen molar-refractivity contribution < 1.29 is 4.79 Å². The van der Waals surface area contributed by atoms with Crippen LogP contribution in [-0.2, 0) is 4.79 Å². The molecule has 1 fully saturated rings. The van der Waals surface area contributed by atoms with Gasteiger partial charge in [0.15, 0.2) is 5.11 Å². The fourth-order valence-corrected chi connectivity index (χ4v) is 1.49. The molecule has 0 saturated carbocycles. The van der Waals surface area contributed by atoms with Gasteiger partial charge in [0.2, 0.25) is 0 Å². The number of rotatable bonds is 1. The van der Waals surface area contributed by atoms with Crippen molar-refractivity contribution in [2.75, 3.05) is 0 Å². The Morgan fingerprint density at radius 2 is 2.42 bits per heavy atom. The number of hydrogen-bond donors (Lipinski definition) is 1. The molecule has 2 atom stereocenters. The van der Waals surface area contributed by atoms with Gasteiger partial charge in [-0.1, -0.05) is 5.92 Å². The minimum absolute atomic E-state index is 0.0505. The molecular formula is C8H10N2OS. The van der Waals surface area contributed by atoms with Crippen LogP contribution in [0.1, 0.15) is 13.8 Å². The van der Waals surface area contributed by atoms with Crippen molar-refractivity contribution in [2.24, 2.45) is 0 Å². The number of nitrogens with one attached hydrogen (secondary N) is 1. The number of hydrogen-bond acceptors (Lipinski definition) is 2. The van der Waals surface area contributed by atoms with Crippen LogP contribution in [0.4, 0.5) is 0 Å². The van der Waals surface area contributed by atoms with E-state index in [0.29, 0.717) is 5.11 Å². The molecule has 2 unspecified atom stereocenters. The third kappa shape index (κ3) is 1.28. The summed E-state index contributed by atoms with van der Waals surface area (Å²) in [5.74, 6) is 2.42. The van der Waals surface area contributed by atoms with E-state index in [9.17, 15) is 4.79 Å². The van der Waals surface area contributed by atoms with Crippen LogP contribution in [0.3, 0.4) is 0 Å². The highest BCUT2D eigenvalue weighted by Gasteiger charge is 2.34. The zero-order valence-corrected chi connectivity index (χ0v) is 7.81. The summed E-state index contributed by atoms with van der Waals surface area (Å²) in [7, 11) is 0. The molecule has 0 aromatic heterocycles. The van der Waals surface area contributed by atoms with Crippen LogP contribution in [0, 0.1) is 12.3 Å². The van der Waals surface area contributed by atoms with E-state index in [2.05, 4.69) is 11.2 Å². The first-order chi connectivity index (χ1) is 5.57. The van der Waals surface area contributed by atoms with Gasteiger partial charge in [-0.3, -0.25) is 9.69 Å². The first-order valence-electron chi connectivity index (χ1n) is 3.67. The van der Waals surface area contributed by atoms with Crippen molar-refractivity contribution in [2.45, 2.75) is 25.9 Å². The van der Waals surface area contributed by atoms with Crippen molar-refractivity contribution in [1.82, 2.24) is 10.2 Å². The first kappa shape index (κ1) is 9.01. The molecule has 4 heteroatoms. The summed E-state index contributed by atoms with van der Waals surface area (Å²) in [4.78, 5) is 12.8. The van der Waals surface area contributed by atoms with Crippen LogP contribution in [0.5, 0.6) is 0 Å². The van der Waals surface area contributed by atoms with Crippen LogP contribution in [0.2, 0.25) is 0 Å². The predicted octanol–water partition coefficient (Wildman–Crippen LogP) is 0.113. The molecule has 0 bridgehead atoms. The largest absolute Gasteiger partial charge is 0.351 e. The van der Waals surface area contributed by atoms with Crippen LogP contribution in [-0.4, -0.2) is 28.0 Å². The fourth-order valence-electron chi connectivity index (χ4n) is 1.07. The summed E-state index contributed by atoms with van der Waals surface area (Å²) in [6.07, 6.45) is 5.19. The lowest BCUT2D eigenvalue weighted by molar-refractivity contribution is -0.127. The second-order valence-corrected chi connectivity index (χ2v) is 3.11. The van der Waals surface area contributed by atoms with E-state index in [1.54, 1.807) is 13.8 Å². The van der Waals surface area contributed by atoms with Crippen molar-refractivity contribution in [3.05, 3.63) is 0 Å². The van der Waals surface area contributed by atoms with Crippen LogP contribution in [0.15, 0.2) is 0 Å². The average molecular weight is 182 g/mol. The van der Waals surface area contributed by atoms with Gasteiger partial charge in [0.25, 0.3) is 5.91 Å². The molecule has 1 N–H and O–H groups in total. The second kappa shape index (κ2) is 3.11. The minimum Gasteiger partial charge on any atom is -0.351 e. The van der Waals surface area contributed by atoms with E-state index in [-0.39, 0.29) is 18.0 Å². The Balaban J connectivity index is 2.85. The Kier molecular flexibility index (Phi) is 2.34. The van der Waals surface area contributed by atoms with E-state index in [4.69, 9.17) is 18.6 Å². The standard InChI is InChI=1S/C8H10N2OS/c1-4-5(2)10-7(11)6(3)9-8(10)12/h1,5-6H,2-3H3,(H,9,12). The van der Waals surface area contributed by atoms with E-state index < -0.39 is 0 Å². The monoisotopic (exact) mass is 182 g/mol. The van der Waals surface area contributed by atoms with E-state index in [1.807, 2.05) is 0 Å². The molecular weight excluding hydrogens is 172 g/mol. The smallest absolute Gasteiger partial charge is 0.252 e. The molecule has 1 rings (SSSR count). The molecule has 1 aliphatic heterocycles. The molecule has 1 saturated heterocycles. The quantitative estimate of drug-likeness (QED) is 0.461. The van der Waals surface area contributed by atoms with Gasteiger partial charge in [0, 0.05) is 0 Å². The number of nitrogens with zero attached hydrogens (tertiary/aromatic N) is 1. The third-order valence-electron chi connectivity index (χ3n) is 1.80. The molecule has 0 radical (unpaired) electrons. The zero-order chi connectivity index (χ0) is 9.30. The highest BCUT2D eigenvalue weighted by molar-refractivity contribution is 7.80.